The number of aliphatic imine (C=N–C) groups is 1. The lowest BCUT2D eigenvalue weighted by Gasteiger charge is -2.05. The Labute approximate surface area is 82.9 Å². The molecule has 0 saturated carbocycles. The van der Waals surface area contributed by atoms with Gasteiger partial charge in [-0.15, -0.1) is 0 Å². The van der Waals surface area contributed by atoms with Gasteiger partial charge >= 0.3 is 0 Å². The lowest BCUT2D eigenvalue weighted by Crippen LogP contribution is -2.19. The first-order chi connectivity index (χ1) is 6.86. The number of benzene rings is 1. The molecular formula is C11H13N3. The number of hydrogen-bond donors (Lipinski definition) is 2. The van der Waals surface area contributed by atoms with Gasteiger partial charge in [0.15, 0.2) is 0 Å². The molecule has 14 heavy (non-hydrogen) atoms. The van der Waals surface area contributed by atoms with Gasteiger partial charge in [-0.25, -0.2) is 0 Å². The maximum atomic E-state index is 4.20. The van der Waals surface area contributed by atoms with E-state index in [9.17, 15) is 0 Å². The number of amidine groups is 1. The summed E-state index contributed by atoms with van der Waals surface area (Å²) in [6.07, 6.45) is 1.94. The maximum Gasteiger partial charge on any atom is 0.128 e. The van der Waals surface area contributed by atoms with E-state index in [0.717, 1.165) is 16.9 Å². The standard InChI is InChI=1S/C11H13N3/c1-12-11(13-2)9-4-3-5-10-8(9)6-7-14-10/h3-7,14H,1-2H3,(H,12,13). The highest BCUT2D eigenvalue weighted by atomic mass is 14.9. The summed E-state index contributed by atoms with van der Waals surface area (Å²) in [4.78, 5) is 7.38. The van der Waals surface area contributed by atoms with E-state index < -0.39 is 0 Å². The number of H-pyrrole nitrogens is 1. The minimum atomic E-state index is 0.912. The molecule has 0 radical (unpaired) electrons. The average molecular weight is 187 g/mol. The summed E-state index contributed by atoms with van der Waals surface area (Å²) in [5, 5.41) is 4.28. The topological polar surface area (TPSA) is 40.2 Å². The van der Waals surface area contributed by atoms with Crippen LogP contribution in [0.2, 0.25) is 0 Å². The van der Waals surface area contributed by atoms with Gasteiger partial charge in [-0.3, -0.25) is 4.99 Å². The molecule has 0 aliphatic heterocycles. The predicted molar refractivity (Wildman–Crippen MR) is 59.8 cm³/mol. The molecule has 0 saturated heterocycles. The van der Waals surface area contributed by atoms with Gasteiger partial charge in [0.1, 0.15) is 5.84 Å². The molecule has 1 aromatic carbocycles. The van der Waals surface area contributed by atoms with Crippen LogP contribution < -0.4 is 5.32 Å². The summed E-state index contributed by atoms with van der Waals surface area (Å²) in [7, 11) is 3.67. The molecule has 0 atom stereocenters. The minimum absolute atomic E-state index is 0.912. The van der Waals surface area contributed by atoms with E-state index in [0.29, 0.717) is 0 Å². The molecule has 2 N–H and O–H groups in total. The number of fused-ring (bicyclic) bond motifs is 1. The maximum absolute atomic E-state index is 4.20. The minimum Gasteiger partial charge on any atom is -0.373 e. The van der Waals surface area contributed by atoms with E-state index in [1.807, 2.05) is 19.3 Å². The van der Waals surface area contributed by atoms with E-state index in [2.05, 4.69) is 33.5 Å². The SMILES string of the molecule is C/N=C(\NC)c1cccc2[nH]ccc12. The molecule has 72 valence electrons. The third-order valence-electron chi connectivity index (χ3n) is 2.31. The van der Waals surface area contributed by atoms with Gasteiger partial charge in [0.25, 0.3) is 0 Å². The first-order valence-electron chi connectivity index (χ1n) is 4.58. The number of rotatable bonds is 1. The van der Waals surface area contributed by atoms with E-state index in [-0.39, 0.29) is 0 Å². The molecule has 2 rings (SSSR count). The van der Waals surface area contributed by atoms with Crippen molar-refractivity contribution in [1.29, 1.82) is 0 Å². The van der Waals surface area contributed by atoms with Crippen molar-refractivity contribution in [3.8, 4) is 0 Å². The van der Waals surface area contributed by atoms with Crippen LogP contribution in [0.5, 0.6) is 0 Å². The van der Waals surface area contributed by atoms with Crippen LogP contribution in [-0.4, -0.2) is 24.9 Å². The van der Waals surface area contributed by atoms with Gasteiger partial charge in [-0.05, 0) is 12.1 Å². The summed E-state index contributed by atoms with van der Waals surface area (Å²) < 4.78 is 0. The highest BCUT2D eigenvalue weighted by molar-refractivity contribution is 6.09. The third kappa shape index (κ3) is 1.27. The Morgan fingerprint density at radius 3 is 2.93 bits per heavy atom. The van der Waals surface area contributed by atoms with Gasteiger partial charge in [0.05, 0.1) is 0 Å². The summed E-state index contributed by atoms with van der Waals surface area (Å²) in [5.41, 5.74) is 2.27. The van der Waals surface area contributed by atoms with Crippen molar-refractivity contribution in [3.05, 3.63) is 36.0 Å². The van der Waals surface area contributed by atoms with E-state index in [1.54, 1.807) is 7.05 Å². The molecule has 3 nitrogen and oxygen atoms in total. The molecule has 1 aromatic heterocycles. The van der Waals surface area contributed by atoms with Gasteiger partial charge in [-0.1, -0.05) is 12.1 Å². The zero-order valence-electron chi connectivity index (χ0n) is 8.33. The van der Waals surface area contributed by atoms with Crippen molar-refractivity contribution in [1.82, 2.24) is 10.3 Å². The predicted octanol–water partition coefficient (Wildman–Crippen LogP) is 1.76. The van der Waals surface area contributed by atoms with Crippen molar-refractivity contribution in [2.45, 2.75) is 0 Å². The smallest absolute Gasteiger partial charge is 0.128 e. The fraction of sp³-hybridized carbons (Fsp3) is 0.182. The van der Waals surface area contributed by atoms with E-state index in [4.69, 9.17) is 0 Å². The van der Waals surface area contributed by atoms with Gasteiger partial charge < -0.3 is 10.3 Å². The largest absolute Gasteiger partial charge is 0.373 e. The van der Waals surface area contributed by atoms with Gasteiger partial charge in [-0.2, -0.15) is 0 Å². The molecule has 0 bridgehead atoms. The monoisotopic (exact) mass is 187 g/mol. The second-order valence-corrected chi connectivity index (χ2v) is 3.07. The van der Waals surface area contributed by atoms with Crippen LogP contribution in [0.4, 0.5) is 0 Å². The zero-order valence-corrected chi connectivity index (χ0v) is 8.33. The summed E-state index contributed by atoms with van der Waals surface area (Å²) in [6.45, 7) is 0. The number of aromatic nitrogens is 1. The molecule has 2 aromatic rings. The Balaban J connectivity index is 2.67. The molecule has 0 aliphatic rings. The zero-order chi connectivity index (χ0) is 9.97. The molecule has 0 spiro atoms. The van der Waals surface area contributed by atoms with Crippen LogP contribution in [0.25, 0.3) is 10.9 Å². The molecular weight excluding hydrogens is 174 g/mol. The molecule has 0 aliphatic carbocycles. The fourth-order valence-corrected chi connectivity index (χ4v) is 1.66. The average Bonchev–Trinajstić information content (AvgIpc) is 2.68. The Bertz CT molecular complexity index is 468. The first-order valence-corrected chi connectivity index (χ1v) is 4.58. The Hall–Kier alpha value is -1.77. The quantitative estimate of drug-likeness (QED) is 0.518. The molecule has 3 heteroatoms. The summed E-state index contributed by atoms with van der Waals surface area (Å²) in [6, 6.07) is 8.21. The van der Waals surface area contributed by atoms with Gasteiger partial charge in [0.2, 0.25) is 0 Å². The number of nitrogens with zero attached hydrogens (tertiary/aromatic N) is 1. The highest BCUT2D eigenvalue weighted by Gasteiger charge is 2.05. The van der Waals surface area contributed by atoms with Crippen LogP contribution in [0, 0.1) is 0 Å². The molecule has 0 amide bonds. The van der Waals surface area contributed by atoms with Crippen LogP contribution >= 0.6 is 0 Å². The van der Waals surface area contributed by atoms with Crippen LogP contribution in [0.15, 0.2) is 35.5 Å². The molecule has 1 heterocycles. The van der Waals surface area contributed by atoms with Crippen LogP contribution in [-0.2, 0) is 0 Å². The van der Waals surface area contributed by atoms with Crippen LogP contribution in [0.1, 0.15) is 5.56 Å². The Morgan fingerprint density at radius 1 is 1.36 bits per heavy atom. The second-order valence-electron chi connectivity index (χ2n) is 3.07. The van der Waals surface area contributed by atoms with E-state index >= 15 is 0 Å². The van der Waals surface area contributed by atoms with Crippen molar-refractivity contribution in [2.75, 3.05) is 14.1 Å². The second kappa shape index (κ2) is 3.54. The lowest BCUT2D eigenvalue weighted by molar-refractivity contribution is 1.15. The Morgan fingerprint density at radius 2 is 2.21 bits per heavy atom. The van der Waals surface area contributed by atoms with Crippen molar-refractivity contribution in [3.63, 3.8) is 0 Å². The fourth-order valence-electron chi connectivity index (χ4n) is 1.66. The first kappa shape index (κ1) is 8.81. The molecule has 0 unspecified atom stereocenters. The highest BCUT2D eigenvalue weighted by Crippen LogP contribution is 2.17. The number of nitrogens with one attached hydrogen (secondary N) is 2. The normalized spacial score (nSPS) is 12.0. The molecule has 0 fully saturated rings. The summed E-state index contributed by atoms with van der Waals surface area (Å²) >= 11 is 0. The van der Waals surface area contributed by atoms with Crippen molar-refractivity contribution >= 4 is 16.7 Å². The number of hydrogen-bond acceptors (Lipinski definition) is 1. The number of aromatic amines is 1. The van der Waals surface area contributed by atoms with Gasteiger partial charge in [0, 0.05) is 36.8 Å². The van der Waals surface area contributed by atoms with Crippen LogP contribution in [0.3, 0.4) is 0 Å². The Kier molecular flexibility index (Phi) is 2.23. The van der Waals surface area contributed by atoms with Crippen molar-refractivity contribution in [2.24, 2.45) is 4.99 Å². The van der Waals surface area contributed by atoms with Crippen molar-refractivity contribution < 1.29 is 0 Å². The third-order valence-corrected chi connectivity index (χ3v) is 2.31. The van der Waals surface area contributed by atoms with E-state index in [1.165, 1.54) is 5.39 Å². The summed E-state index contributed by atoms with van der Waals surface area (Å²) in [5.74, 6) is 0.912. The lowest BCUT2D eigenvalue weighted by atomic mass is 10.1.